The second-order valence-corrected chi connectivity index (χ2v) is 4.93. The molecule has 19 heavy (non-hydrogen) atoms. The van der Waals surface area contributed by atoms with Gasteiger partial charge < -0.3 is 10.4 Å². The summed E-state index contributed by atoms with van der Waals surface area (Å²) in [5, 5.41) is 14.1. The van der Waals surface area contributed by atoms with E-state index in [0.29, 0.717) is 22.8 Å². The van der Waals surface area contributed by atoms with E-state index >= 15 is 0 Å². The topological polar surface area (TPSA) is 62.2 Å². The Hall–Kier alpha value is -1.95. The first-order chi connectivity index (χ1) is 9.06. The Morgan fingerprint density at radius 2 is 2.32 bits per heavy atom. The summed E-state index contributed by atoms with van der Waals surface area (Å²) in [6.45, 7) is 1.69. The van der Waals surface area contributed by atoms with E-state index in [1.165, 1.54) is 17.4 Å². The second kappa shape index (κ2) is 5.79. The molecule has 1 aromatic heterocycles. The van der Waals surface area contributed by atoms with E-state index in [-0.39, 0.29) is 12.2 Å². The average molecular weight is 280 g/mol. The van der Waals surface area contributed by atoms with Gasteiger partial charge in [0.05, 0.1) is 12.1 Å². The highest BCUT2D eigenvalue weighted by Gasteiger charge is 2.07. The molecule has 0 bridgehead atoms. The van der Waals surface area contributed by atoms with Crippen molar-refractivity contribution in [1.82, 2.24) is 4.98 Å². The number of thiazole rings is 1. The van der Waals surface area contributed by atoms with Crippen molar-refractivity contribution >= 4 is 28.1 Å². The van der Waals surface area contributed by atoms with Crippen LogP contribution >= 0.6 is 11.3 Å². The number of benzene rings is 1. The van der Waals surface area contributed by atoms with Gasteiger partial charge in [0, 0.05) is 23.1 Å². The smallest absolute Gasteiger partial charge is 0.303 e. The highest BCUT2D eigenvalue weighted by molar-refractivity contribution is 7.13. The number of carbonyl (C=O) groups is 1. The maximum absolute atomic E-state index is 13.4. The average Bonchev–Trinajstić information content (AvgIpc) is 2.80. The quantitative estimate of drug-likeness (QED) is 0.881. The van der Waals surface area contributed by atoms with Gasteiger partial charge in [-0.1, -0.05) is 6.07 Å². The van der Waals surface area contributed by atoms with Crippen LogP contribution in [0.2, 0.25) is 0 Å². The minimum absolute atomic E-state index is 0.0577. The molecule has 0 saturated heterocycles. The number of aryl methyl sites for hydroxylation is 1. The van der Waals surface area contributed by atoms with E-state index in [9.17, 15) is 9.18 Å². The van der Waals surface area contributed by atoms with Crippen LogP contribution in [0, 0.1) is 12.7 Å². The molecular weight excluding hydrogens is 267 g/mol. The summed E-state index contributed by atoms with van der Waals surface area (Å²) in [4.78, 5) is 14.7. The number of nitrogens with one attached hydrogen (secondary N) is 1. The SMILES string of the molecule is Cc1c(F)cccc1Nc1nc(CCC(=O)O)cs1. The third kappa shape index (κ3) is 3.51. The van der Waals surface area contributed by atoms with E-state index in [1.807, 2.05) is 0 Å². The Labute approximate surface area is 113 Å². The van der Waals surface area contributed by atoms with Crippen LogP contribution in [0.4, 0.5) is 15.2 Å². The van der Waals surface area contributed by atoms with E-state index in [2.05, 4.69) is 10.3 Å². The molecule has 6 heteroatoms. The number of rotatable bonds is 5. The molecule has 4 nitrogen and oxygen atoms in total. The Morgan fingerprint density at radius 1 is 1.53 bits per heavy atom. The van der Waals surface area contributed by atoms with Gasteiger partial charge in [0.2, 0.25) is 0 Å². The van der Waals surface area contributed by atoms with Gasteiger partial charge in [-0.15, -0.1) is 11.3 Å². The molecule has 0 fully saturated rings. The zero-order valence-electron chi connectivity index (χ0n) is 10.3. The van der Waals surface area contributed by atoms with Crippen LogP contribution in [0.25, 0.3) is 0 Å². The van der Waals surface area contributed by atoms with Crippen molar-refractivity contribution in [2.75, 3.05) is 5.32 Å². The van der Waals surface area contributed by atoms with E-state index in [0.717, 1.165) is 5.69 Å². The van der Waals surface area contributed by atoms with Gasteiger partial charge in [0.15, 0.2) is 5.13 Å². The lowest BCUT2D eigenvalue weighted by atomic mass is 10.2. The van der Waals surface area contributed by atoms with Crippen LogP contribution in [-0.4, -0.2) is 16.1 Å². The highest BCUT2D eigenvalue weighted by atomic mass is 32.1. The number of aliphatic carboxylic acids is 1. The minimum Gasteiger partial charge on any atom is -0.481 e. The van der Waals surface area contributed by atoms with Crippen molar-refractivity contribution in [2.45, 2.75) is 19.8 Å². The normalized spacial score (nSPS) is 10.4. The van der Waals surface area contributed by atoms with Crippen molar-refractivity contribution in [1.29, 1.82) is 0 Å². The summed E-state index contributed by atoms with van der Waals surface area (Å²) in [6, 6.07) is 4.81. The summed E-state index contributed by atoms with van der Waals surface area (Å²) < 4.78 is 13.4. The molecule has 2 aromatic rings. The number of anilines is 2. The van der Waals surface area contributed by atoms with E-state index in [4.69, 9.17) is 5.11 Å². The number of halogens is 1. The van der Waals surface area contributed by atoms with Gasteiger partial charge in [0.1, 0.15) is 5.82 Å². The van der Waals surface area contributed by atoms with Crippen LogP contribution in [0.15, 0.2) is 23.6 Å². The van der Waals surface area contributed by atoms with Gasteiger partial charge in [0.25, 0.3) is 0 Å². The molecule has 0 aliphatic heterocycles. The van der Waals surface area contributed by atoms with E-state index < -0.39 is 5.97 Å². The minimum atomic E-state index is -0.844. The molecule has 0 radical (unpaired) electrons. The molecule has 100 valence electrons. The van der Waals surface area contributed by atoms with Gasteiger partial charge in [-0.05, 0) is 19.1 Å². The maximum Gasteiger partial charge on any atom is 0.303 e. The first-order valence-corrected chi connectivity index (χ1v) is 6.62. The molecule has 0 atom stereocenters. The third-order valence-corrected chi connectivity index (χ3v) is 3.46. The Kier molecular flexibility index (Phi) is 4.11. The summed E-state index contributed by atoms with van der Waals surface area (Å²) >= 11 is 1.37. The molecule has 0 unspecified atom stereocenters. The molecule has 1 heterocycles. The van der Waals surface area contributed by atoms with Crippen LogP contribution in [0.5, 0.6) is 0 Å². The zero-order chi connectivity index (χ0) is 13.8. The van der Waals surface area contributed by atoms with E-state index in [1.54, 1.807) is 24.4 Å². The summed E-state index contributed by atoms with van der Waals surface area (Å²) in [5.74, 6) is -1.11. The largest absolute Gasteiger partial charge is 0.481 e. The lowest BCUT2D eigenvalue weighted by molar-refractivity contribution is -0.136. The van der Waals surface area contributed by atoms with Crippen molar-refractivity contribution in [3.8, 4) is 0 Å². The van der Waals surface area contributed by atoms with Crippen LogP contribution in [0.1, 0.15) is 17.7 Å². The second-order valence-electron chi connectivity index (χ2n) is 4.08. The lowest BCUT2D eigenvalue weighted by Gasteiger charge is -2.06. The predicted octanol–water partition coefficient (Wildman–Crippen LogP) is 3.35. The fourth-order valence-electron chi connectivity index (χ4n) is 1.57. The number of hydrogen-bond acceptors (Lipinski definition) is 4. The molecule has 2 N–H and O–H groups in total. The van der Waals surface area contributed by atoms with Crippen molar-refractivity contribution in [2.24, 2.45) is 0 Å². The zero-order valence-corrected chi connectivity index (χ0v) is 11.1. The van der Waals surface area contributed by atoms with Crippen molar-refractivity contribution in [3.05, 3.63) is 40.7 Å². The number of carboxylic acids is 1. The van der Waals surface area contributed by atoms with Gasteiger partial charge in [-0.3, -0.25) is 4.79 Å². The standard InChI is InChI=1S/C13H13FN2O2S/c1-8-10(14)3-2-4-11(8)16-13-15-9(7-19-13)5-6-12(17)18/h2-4,7H,5-6H2,1H3,(H,15,16)(H,17,18). The molecule has 1 aromatic carbocycles. The summed E-state index contributed by atoms with van der Waals surface area (Å²) in [6.07, 6.45) is 0.456. The van der Waals surface area contributed by atoms with Crippen LogP contribution in [-0.2, 0) is 11.2 Å². The molecule has 0 saturated carbocycles. The predicted molar refractivity (Wildman–Crippen MR) is 72.5 cm³/mol. The highest BCUT2D eigenvalue weighted by Crippen LogP contribution is 2.25. The molecule has 0 amide bonds. The molecule has 2 rings (SSSR count). The summed E-state index contributed by atoms with van der Waals surface area (Å²) in [5.41, 5.74) is 1.92. The Bertz CT molecular complexity index is 598. The first-order valence-electron chi connectivity index (χ1n) is 5.74. The lowest BCUT2D eigenvalue weighted by Crippen LogP contribution is -1.98. The molecule has 0 aliphatic rings. The molecule has 0 aliphatic carbocycles. The molecule has 0 spiro atoms. The summed E-state index contributed by atoms with van der Waals surface area (Å²) in [7, 11) is 0. The number of carboxylic acid groups (broad SMARTS) is 1. The van der Waals surface area contributed by atoms with Gasteiger partial charge in [-0.2, -0.15) is 0 Å². The fourth-order valence-corrected chi connectivity index (χ4v) is 2.33. The van der Waals surface area contributed by atoms with Gasteiger partial charge in [-0.25, -0.2) is 9.37 Å². The Morgan fingerprint density at radius 3 is 3.05 bits per heavy atom. The maximum atomic E-state index is 13.4. The van der Waals surface area contributed by atoms with Crippen molar-refractivity contribution < 1.29 is 14.3 Å². The fraction of sp³-hybridized carbons (Fsp3) is 0.231. The monoisotopic (exact) mass is 280 g/mol. The first kappa shape index (κ1) is 13.5. The van der Waals surface area contributed by atoms with Gasteiger partial charge >= 0.3 is 5.97 Å². The number of aromatic nitrogens is 1. The molecular formula is C13H13FN2O2S. The van der Waals surface area contributed by atoms with Crippen LogP contribution in [0.3, 0.4) is 0 Å². The number of hydrogen-bond donors (Lipinski definition) is 2. The van der Waals surface area contributed by atoms with Crippen LogP contribution < -0.4 is 5.32 Å². The van der Waals surface area contributed by atoms with Crippen molar-refractivity contribution in [3.63, 3.8) is 0 Å². The Balaban J connectivity index is 2.07. The third-order valence-electron chi connectivity index (χ3n) is 2.66. The number of nitrogens with zero attached hydrogens (tertiary/aromatic N) is 1.